The fourth-order valence-electron chi connectivity index (χ4n) is 3.93. The summed E-state index contributed by atoms with van der Waals surface area (Å²) in [5, 5.41) is 3.26. The molecule has 1 aliphatic heterocycles. The Hall–Kier alpha value is -2.48. The average molecular weight is 436 g/mol. The van der Waals surface area contributed by atoms with Gasteiger partial charge in [0.2, 0.25) is 5.91 Å². The highest BCUT2D eigenvalue weighted by atomic mass is 32.2. The van der Waals surface area contributed by atoms with Crippen molar-refractivity contribution in [2.24, 2.45) is 0 Å². The van der Waals surface area contributed by atoms with Gasteiger partial charge in [-0.15, -0.1) is 11.8 Å². The molecule has 30 heavy (non-hydrogen) atoms. The monoisotopic (exact) mass is 436 g/mol. The molecular weight excluding hydrogens is 416 g/mol. The smallest absolute Gasteiger partial charge is 0.356 e. The fraction of sp³-hybridized carbons (Fsp3) is 0.318. The summed E-state index contributed by atoms with van der Waals surface area (Å²) < 4.78 is 52.8. The normalized spacial score (nSPS) is 16.1. The van der Waals surface area contributed by atoms with E-state index >= 15 is 0 Å². The average Bonchev–Trinajstić information content (AvgIpc) is 3.25. The molecular formula is C22H20F4N2OS. The molecule has 1 aliphatic rings. The predicted molar refractivity (Wildman–Crippen MR) is 109 cm³/mol. The Kier molecular flexibility index (Phi) is 5.30. The maximum atomic E-state index is 14.1. The quantitative estimate of drug-likeness (QED) is 0.544. The molecule has 2 aromatic carbocycles. The Morgan fingerprint density at radius 3 is 2.73 bits per heavy atom. The second-order valence-electron chi connectivity index (χ2n) is 7.51. The molecule has 2 heterocycles. The van der Waals surface area contributed by atoms with Crippen LogP contribution in [0.5, 0.6) is 0 Å². The van der Waals surface area contributed by atoms with E-state index in [0.29, 0.717) is 29.8 Å². The van der Waals surface area contributed by atoms with Gasteiger partial charge in [-0.3, -0.25) is 4.79 Å². The molecule has 0 saturated heterocycles. The Morgan fingerprint density at radius 1 is 1.23 bits per heavy atom. The minimum atomic E-state index is -4.40. The third-order valence-electron chi connectivity index (χ3n) is 5.47. The van der Waals surface area contributed by atoms with E-state index < -0.39 is 17.0 Å². The molecule has 1 aromatic heterocycles. The van der Waals surface area contributed by atoms with Crippen molar-refractivity contribution >= 4 is 28.6 Å². The molecule has 8 heteroatoms. The third-order valence-corrected chi connectivity index (χ3v) is 6.76. The largest absolute Gasteiger partial charge is 0.416 e. The lowest BCUT2D eigenvalue weighted by Gasteiger charge is -2.10. The number of fused-ring (bicyclic) bond motifs is 2. The second-order valence-corrected chi connectivity index (χ2v) is 8.76. The van der Waals surface area contributed by atoms with Gasteiger partial charge in [-0.1, -0.05) is 12.1 Å². The van der Waals surface area contributed by atoms with Gasteiger partial charge in [-0.25, -0.2) is 4.39 Å². The molecule has 0 spiro atoms. The van der Waals surface area contributed by atoms with Crippen LogP contribution in [0, 0.1) is 19.7 Å². The summed E-state index contributed by atoms with van der Waals surface area (Å²) >= 11 is 1.16. The predicted octanol–water partition coefficient (Wildman–Crippen LogP) is 5.32. The van der Waals surface area contributed by atoms with Gasteiger partial charge < -0.3 is 10.3 Å². The zero-order chi connectivity index (χ0) is 21.6. The number of alkyl halides is 3. The number of aromatic nitrogens is 1. The minimum absolute atomic E-state index is 0.204. The van der Waals surface area contributed by atoms with Crippen LogP contribution in [-0.2, 0) is 23.8 Å². The summed E-state index contributed by atoms with van der Waals surface area (Å²) in [4.78, 5) is 16.2. The highest BCUT2D eigenvalue weighted by molar-refractivity contribution is 8.01. The molecule has 0 saturated carbocycles. The molecule has 0 radical (unpaired) electrons. The van der Waals surface area contributed by atoms with Gasteiger partial charge in [0.1, 0.15) is 5.82 Å². The number of aryl methyl sites for hydroxylation is 2. The summed E-state index contributed by atoms with van der Waals surface area (Å²) in [6.45, 7) is 4.15. The van der Waals surface area contributed by atoms with Crippen LogP contribution in [0.15, 0.2) is 35.2 Å². The van der Waals surface area contributed by atoms with Crippen molar-refractivity contribution in [1.29, 1.82) is 0 Å². The van der Waals surface area contributed by atoms with E-state index in [4.69, 9.17) is 0 Å². The van der Waals surface area contributed by atoms with E-state index in [2.05, 4.69) is 10.3 Å². The zero-order valence-electron chi connectivity index (χ0n) is 16.4. The summed E-state index contributed by atoms with van der Waals surface area (Å²) in [7, 11) is 0. The second kappa shape index (κ2) is 7.65. The summed E-state index contributed by atoms with van der Waals surface area (Å²) in [6.07, 6.45) is -3.46. The molecule has 4 rings (SSSR count). The topological polar surface area (TPSA) is 44.9 Å². The van der Waals surface area contributed by atoms with Crippen molar-refractivity contribution in [3.8, 4) is 0 Å². The molecule has 1 amide bonds. The van der Waals surface area contributed by atoms with Crippen molar-refractivity contribution < 1.29 is 22.4 Å². The minimum Gasteiger partial charge on any atom is -0.356 e. The third kappa shape index (κ3) is 3.80. The molecule has 3 nitrogen and oxygen atoms in total. The standard InChI is InChI=1S/C22H20F4N2OS/c1-11-3-6-16(23)20-19(11)15(12(2)28-20)7-8-27-21(29)18-9-13-4-5-14(22(24,25)26)10-17(13)30-18/h3-6,10,18,28H,7-9H2,1-2H3,(H,27,29). The van der Waals surface area contributed by atoms with Crippen LogP contribution in [0.4, 0.5) is 17.6 Å². The molecule has 1 atom stereocenters. The molecule has 0 fully saturated rings. The number of halogens is 4. The van der Waals surface area contributed by atoms with Crippen LogP contribution < -0.4 is 5.32 Å². The van der Waals surface area contributed by atoms with Crippen LogP contribution in [0.25, 0.3) is 10.9 Å². The van der Waals surface area contributed by atoms with Gasteiger partial charge >= 0.3 is 6.18 Å². The highest BCUT2D eigenvalue weighted by Crippen LogP contribution is 2.40. The maximum absolute atomic E-state index is 14.1. The van der Waals surface area contributed by atoms with E-state index in [1.807, 2.05) is 13.8 Å². The summed E-state index contributed by atoms with van der Waals surface area (Å²) in [5.41, 5.74) is 3.30. The number of hydrogen-bond acceptors (Lipinski definition) is 2. The van der Waals surface area contributed by atoms with Gasteiger partial charge in [-0.05, 0) is 61.6 Å². The number of amides is 1. The van der Waals surface area contributed by atoms with Gasteiger partial charge in [0.15, 0.2) is 0 Å². The Labute approximate surface area is 175 Å². The van der Waals surface area contributed by atoms with Crippen molar-refractivity contribution in [2.45, 2.75) is 43.0 Å². The molecule has 2 N–H and O–H groups in total. The first-order chi connectivity index (χ1) is 14.1. The van der Waals surface area contributed by atoms with Crippen LogP contribution in [0.2, 0.25) is 0 Å². The van der Waals surface area contributed by atoms with Crippen molar-refractivity contribution in [1.82, 2.24) is 10.3 Å². The first kappa shape index (κ1) is 20.8. The van der Waals surface area contributed by atoms with Crippen LogP contribution >= 0.6 is 11.8 Å². The van der Waals surface area contributed by atoms with Crippen LogP contribution in [0.1, 0.15) is 27.9 Å². The van der Waals surface area contributed by atoms with E-state index in [-0.39, 0.29) is 11.7 Å². The van der Waals surface area contributed by atoms with Gasteiger partial charge in [0, 0.05) is 22.5 Å². The molecule has 0 aliphatic carbocycles. The Morgan fingerprint density at radius 2 is 2.00 bits per heavy atom. The van der Waals surface area contributed by atoms with Crippen molar-refractivity contribution in [3.05, 3.63) is 64.1 Å². The highest BCUT2D eigenvalue weighted by Gasteiger charge is 2.34. The van der Waals surface area contributed by atoms with E-state index in [1.165, 1.54) is 12.1 Å². The number of aromatic amines is 1. The number of H-pyrrole nitrogens is 1. The zero-order valence-corrected chi connectivity index (χ0v) is 17.2. The molecule has 1 unspecified atom stereocenters. The number of carbonyl (C=O) groups excluding carboxylic acids is 1. The SMILES string of the molecule is Cc1[nH]c2c(F)ccc(C)c2c1CCNC(=O)C1Cc2ccc(C(F)(F)F)cc2S1. The molecule has 158 valence electrons. The summed E-state index contributed by atoms with van der Waals surface area (Å²) in [6, 6.07) is 6.78. The van der Waals surface area contributed by atoms with Crippen LogP contribution in [0.3, 0.4) is 0 Å². The van der Waals surface area contributed by atoms with E-state index in [9.17, 15) is 22.4 Å². The van der Waals surface area contributed by atoms with Gasteiger partial charge in [0.25, 0.3) is 0 Å². The first-order valence-corrected chi connectivity index (χ1v) is 10.4. The Balaban J connectivity index is 1.41. The lowest BCUT2D eigenvalue weighted by molar-refractivity contribution is -0.137. The number of hydrogen-bond donors (Lipinski definition) is 2. The van der Waals surface area contributed by atoms with E-state index in [0.717, 1.165) is 51.7 Å². The van der Waals surface area contributed by atoms with Gasteiger partial charge in [-0.2, -0.15) is 13.2 Å². The maximum Gasteiger partial charge on any atom is 0.416 e. The fourth-order valence-corrected chi connectivity index (χ4v) is 5.19. The number of rotatable bonds is 4. The number of nitrogens with one attached hydrogen (secondary N) is 2. The van der Waals surface area contributed by atoms with Crippen molar-refractivity contribution in [3.63, 3.8) is 0 Å². The lowest BCUT2D eigenvalue weighted by atomic mass is 10.0. The van der Waals surface area contributed by atoms with E-state index in [1.54, 1.807) is 6.07 Å². The number of benzene rings is 2. The number of carbonyl (C=O) groups is 1. The van der Waals surface area contributed by atoms with Crippen molar-refractivity contribution in [2.75, 3.05) is 6.54 Å². The Bertz CT molecular complexity index is 1140. The molecule has 3 aromatic rings. The summed E-state index contributed by atoms with van der Waals surface area (Å²) in [5.74, 6) is -0.516. The van der Waals surface area contributed by atoms with Gasteiger partial charge in [0.05, 0.1) is 16.3 Å². The lowest BCUT2D eigenvalue weighted by Crippen LogP contribution is -2.33. The molecule has 0 bridgehead atoms. The first-order valence-electron chi connectivity index (χ1n) is 9.56. The number of thioether (sulfide) groups is 1. The van der Waals surface area contributed by atoms with Crippen LogP contribution in [-0.4, -0.2) is 22.7 Å².